The number of primary amides is 1. The van der Waals surface area contributed by atoms with Gasteiger partial charge in [-0.2, -0.15) is 0 Å². The fourth-order valence-corrected chi connectivity index (χ4v) is 3.32. The highest BCUT2D eigenvalue weighted by molar-refractivity contribution is 7.13. The van der Waals surface area contributed by atoms with Crippen LogP contribution in [0.5, 0.6) is 0 Å². The van der Waals surface area contributed by atoms with E-state index in [1.807, 2.05) is 0 Å². The molecule has 4 rings (SSSR count). The molecule has 0 atom stereocenters. The summed E-state index contributed by atoms with van der Waals surface area (Å²) in [4.78, 5) is 32.6. The number of halogens is 1. The summed E-state index contributed by atoms with van der Waals surface area (Å²) in [5, 5.41) is 6.11. The van der Waals surface area contributed by atoms with E-state index in [0.29, 0.717) is 32.4 Å². The molecule has 0 unspecified atom stereocenters. The van der Waals surface area contributed by atoms with Crippen LogP contribution in [0.3, 0.4) is 0 Å². The Hall–Kier alpha value is -3.49. The molecule has 0 aliphatic carbocycles. The van der Waals surface area contributed by atoms with Gasteiger partial charge in [0, 0.05) is 27.5 Å². The smallest absolute Gasteiger partial charge is 0.262 e. The molecule has 3 N–H and O–H groups in total. The van der Waals surface area contributed by atoms with Crippen molar-refractivity contribution in [3.63, 3.8) is 0 Å². The summed E-state index contributed by atoms with van der Waals surface area (Å²) in [6.07, 6.45) is 1.59. The quantitative estimate of drug-likeness (QED) is 0.513. The SMILES string of the molecule is NC(=O)c1ccc(N=c2oc3ccc(Cl)cc3cc2C(=O)Nc2nccs2)cc1. The van der Waals surface area contributed by atoms with E-state index >= 15 is 0 Å². The minimum Gasteiger partial charge on any atom is -0.438 e. The Morgan fingerprint density at radius 2 is 1.93 bits per heavy atom. The van der Waals surface area contributed by atoms with Crippen LogP contribution in [-0.4, -0.2) is 16.8 Å². The van der Waals surface area contributed by atoms with Crippen molar-refractivity contribution in [2.45, 2.75) is 0 Å². The third kappa shape index (κ3) is 4.18. The van der Waals surface area contributed by atoms with Gasteiger partial charge in [0.05, 0.1) is 5.69 Å². The molecular weight excluding hydrogens is 412 g/mol. The van der Waals surface area contributed by atoms with Crippen molar-refractivity contribution in [1.82, 2.24) is 4.98 Å². The number of carbonyl (C=O) groups excluding carboxylic acids is 2. The van der Waals surface area contributed by atoms with Gasteiger partial charge in [0.15, 0.2) is 5.13 Å². The van der Waals surface area contributed by atoms with Crippen LogP contribution >= 0.6 is 22.9 Å². The van der Waals surface area contributed by atoms with Gasteiger partial charge in [0.25, 0.3) is 5.91 Å². The zero-order chi connectivity index (χ0) is 20.4. The van der Waals surface area contributed by atoms with Crippen LogP contribution in [-0.2, 0) is 0 Å². The maximum Gasteiger partial charge on any atom is 0.262 e. The van der Waals surface area contributed by atoms with E-state index in [9.17, 15) is 9.59 Å². The number of nitrogens with two attached hydrogens (primary N) is 1. The topological polar surface area (TPSA) is 111 Å². The molecule has 0 saturated carbocycles. The average molecular weight is 425 g/mol. The number of amides is 2. The van der Waals surface area contributed by atoms with Crippen molar-refractivity contribution in [3.8, 4) is 0 Å². The van der Waals surface area contributed by atoms with E-state index in [1.54, 1.807) is 60.1 Å². The fraction of sp³-hybridized carbons (Fsp3) is 0. The van der Waals surface area contributed by atoms with Gasteiger partial charge in [-0.3, -0.25) is 14.9 Å². The van der Waals surface area contributed by atoms with Crippen LogP contribution in [0.2, 0.25) is 5.02 Å². The molecule has 0 aliphatic rings. The Labute approximate surface area is 173 Å². The maximum atomic E-state index is 12.8. The highest BCUT2D eigenvalue weighted by atomic mass is 35.5. The predicted octanol–water partition coefficient (Wildman–Crippen LogP) is 4.13. The summed E-state index contributed by atoms with van der Waals surface area (Å²) >= 11 is 7.36. The molecule has 0 aliphatic heterocycles. The van der Waals surface area contributed by atoms with E-state index in [1.165, 1.54) is 11.3 Å². The first-order valence-electron chi connectivity index (χ1n) is 8.38. The number of aromatic nitrogens is 1. The third-order valence-corrected chi connectivity index (χ3v) is 4.91. The monoisotopic (exact) mass is 424 g/mol. The Bertz CT molecular complexity index is 1280. The van der Waals surface area contributed by atoms with Gasteiger partial charge in [0.2, 0.25) is 11.5 Å². The Morgan fingerprint density at radius 3 is 2.62 bits per heavy atom. The second kappa shape index (κ2) is 7.86. The Morgan fingerprint density at radius 1 is 1.14 bits per heavy atom. The third-order valence-electron chi connectivity index (χ3n) is 3.99. The zero-order valence-corrected chi connectivity index (χ0v) is 16.3. The van der Waals surface area contributed by atoms with E-state index in [0.717, 1.165) is 0 Å². The molecule has 144 valence electrons. The van der Waals surface area contributed by atoms with Gasteiger partial charge >= 0.3 is 0 Å². The molecule has 2 aromatic heterocycles. The molecule has 2 amide bonds. The molecule has 29 heavy (non-hydrogen) atoms. The van der Waals surface area contributed by atoms with Gasteiger partial charge in [0.1, 0.15) is 11.1 Å². The van der Waals surface area contributed by atoms with Gasteiger partial charge < -0.3 is 10.2 Å². The van der Waals surface area contributed by atoms with Gasteiger partial charge in [-0.15, -0.1) is 11.3 Å². The summed E-state index contributed by atoms with van der Waals surface area (Å²) in [5.41, 5.74) is 6.96. The second-order valence-corrected chi connectivity index (χ2v) is 7.29. The summed E-state index contributed by atoms with van der Waals surface area (Å²) in [7, 11) is 0. The molecule has 0 bridgehead atoms. The lowest BCUT2D eigenvalue weighted by Gasteiger charge is -2.05. The summed E-state index contributed by atoms with van der Waals surface area (Å²) < 4.78 is 5.88. The van der Waals surface area contributed by atoms with E-state index < -0.39 is 11.8 Å². The van der Waals surface area contributed by atoms with Gasteiger partial charge in [-0.05, 0) is 48.5 Å². The van der Waals surface area contributed by atoms with E-state index in [-0.39, 0.29) is 11.1 Å². The van der Waals surface area contributed by atoms with Crippen LogP contribution in [0, 0.1) is 0 Å². The number of carbonyl (C=O) groups is 2. The molecular formula is C20H13ClN4O3S. The summed E-state index contributed by atoms with van der Waals surface area (Å²) in [5.74, 6) is -0.953. The van der Waals surface area contributed by atoms with Crippen LogP contribution in [0.15, 0.2) is 69.5 Å². The Balaban J connectivity index is 1.84. The number of thiazole rings is 1. The highest BCUT2D eigenvalue weighted by Crippen LogP contribution is 2.21. The van der Waals surface area contributed by atoms with Gasteiger partial charge in [-0.25, -0.2) is 9.98 Å². The number of nitrogens with zero attached hydrogens (tertiary/aromatic N) is 2. The number of anilines is 1. The van der Waals surface area contributed by atoms with Crippen LogP contribution in [0.4, 0.5) is 10.8 Å². The standard InChI is InChI=1S/C20H13ClN4O3S/c21-13-3-6-16-12(9-13)10-15(18(27)25-20-23-7-8-29-20)19(28-16)24-14-4-1-11(2-5-14)17(22)26/h1-10H,(H2,22,26)(H,23,25,27). The van der Waals surface area contributed by atoms with Crippen LogP contribution in [0.1, 0.15) is 20.7 Å². The van der Waals surface area contributed by atoms with Crippen LogP contribution in [0.25, 0.3) is 11.0 Å². The molecule has 0 spiro atoms. The molecule has 0 fully saturated rings. The number of rotatable bonds is 4. The minimum absolute atomic E-state index is 0.112. The fourth-order valence-electron chi connectivity index (χ4n) is 2.61. The largest absolute Gasteiger partial charge is 0.438 e. The lowest BCUT2D eigenvalue weighted by molar-refractivity contribution is 0.0997. The first-order valence-corrected chi connectivity index (χ1v) is 9.64. The molecule has 0 radical (unpaired) electrons. The highest BCUT2D eigenvalue weighted by Gasteiger charge is 2.14. The van der Waals surface area contributed by atoms with E-state index in [4.69, 9.17) is 21.8 Å². The lowest BCUT2D eigenvalue weighted by atomic mass is 10.1. The molecule has 9 heteroatoms. The number of hydrogen-bond acceptors (Lipinski definition) is 6. The number of benzene rings is 2. The van der Waals surface area contributed by atoms with Crippen molar-refractivity contribution < 1.29 is 14.0 Å². The van der Waals surface area contributed by atoms with E-state index in [2.05, 4.69) is 15.3 Å². The van der Waals surface area contributed by atoms with Crippen molar-refractivity contribution in [3.05, 3.63) is 81.8 Å². The number of nitrogens with one attached hydrogen (secondary N) is 1. The zero-order valence-electron chi connectivity index (χ0n) is 14.8. The molecule has 7 nitrogen and oxygen atoms in total. The van der Waals surface area contributed by atoms with Crippen LogP contribution < -0.4 is 16.6 Å². The molecule has 0 saturated heterocycles. The normalized spacial score (nSPS) is 11.6. The summed E-state index contributed by atoms with van der Waals surface area (Å²) in [6, 6.07) is 13.1. The van der Waals surface area contributed by atoms with Crippen molar-refractivity contribution in [1.29, 1.82) is 0 Å². The molecule has 4 aromatic rings. The van der Waals surface area contributed by atoms with Crippen molar-refractivity contribution >= 4 is 56.5 Å². The minimum atomic E-state index is -0.535. The Kier molecular flexibility index (Phi) is 5.11. The first kappa shape index (κ1) is 18.9. The van der Waals surface area contributed by atoms with Gasteiger partial charge in [-0.1, -0.05) is 11.6 Å². The average Bonchev–Trinajstić information content (AvgIpc) is 3.21. The lowest BCUT2D eigenvalue weighted by Crippen LogP contribution is -2.21. The number of hydrogen-bond donors (Lipinski definition) is 2. The maximum absolute atomic E-state index is 12.8. The number of fused-ring (bicyclic) bond motifs is 1. The van der Waals surface area contributed by atoms with Crippen molar-refractivity contribution in [2.24, 2.45) is 10.7 Å². The second-order valence-electron chi connectivity index (χ2n) is 5.96. The molecule has 2 aromatic carbocycles. The summed E-state index contributed by atoms with van der Waals surface area (Å²) in [6.45, 7) is 0. The first-order chi connectivity index (χ1) is 14.0. The molecule has 2 heterocycles. The van der Waals surface area contributed by atoms with Crippen molar-refractivity contribution in [2.75, 3.05) is 5.32 Å². The predicted molar refractivity (Wildman–Crippen MR) is 111 cm³/mol.